The van der Waals surface area contributed by atoms with Crippen LogP contribution in [0.25, 0.3) is 10.9 Å². The van der Waals surface area contributed by atoms with Crippen LogP contribution >= 0.6 is 27.5 Å². The number of methoxy groups -OCH3 is 1. The topological polar surface area (TPSA) is 42.1 Å². The Kier molecular flexibility index (Phi) is 3.19. The first-order valence-electron chi connectivity index (χ1n) is 5.02. The van der Waals surface area contributed by atoms with E-state index in [1.165, 1.54) is 0 Å². The van der Waals surface area contributed by atoms with E-state index in [1.54, 1.807) is 7.11 Å². The highest BCUT2D eigenvalue weighted by Crippen LogP contribution is 2.37. The predicted octanol–water partition coefficient (Wildman–Crippen LogP) is 3.57. The number of pyridine rings is 1. The van der Waals surface area contributed by atoms with Crippen molar-refractivity contribution in [3.63, 3.8) is 0 Å². The van der Waals surface area contributed by atoms with Gasteiger partial charge in [-0.3, -0.25) is 4.79 Å². The molecule has 1 heterocycles. The summed E-state index contributed by atoms with van der Waals surface area (Å²) in [7, 11) is 1.61. The van der Waals surface area contributed by atoms with Crippen LogP contribution in [0.2, 0.25) is 5.02 Å². The monoisotopic (exact) mass is 315 g/mol. The Hall–Kier alpha value is -1.00. The van der Waals surface area contributed by atoms with Crippen LogP contribution in [0.1, 0.15) is 11.1 Å². The fourth-order valence-electron chi connectivity index (χ4n) is 1.87. The van der Waals surface area contributed by atoms with Crippen molar-refractivity contribution in [1.29, 1.82) is 0 Å². The Bertz CT molecular complexity index is 664. The first-order chi connectivity index (χ1) is 7.97. The van der Waals surface area contributed by atoms with E-state index in [4.69, 9.17) is 16.3 Å². The summed E-state index contributed by atoms with van der Waals surface area (Å²) in [4.78, 5) is 14.4. The Morgan fingerprint density at radius 3 is 2.65 bits per heavy atom. The van der Waals surface area contributed by atoms with Gasteiger partial charge in [-0.2, -0.15) is 0 Å². The van der Waals surface area contributed by atoms with Gasteiger partial charge in [0, 0.05) is 5.39 Å². The van der Waals surface area contributed by atoms with Crippen LogP contribution in [0.15, 0.2) is 15.3 Å². The van der Waals surface area contributed by atoms with Gasteiger partial charge in [0.05, 0.1) is 17.1 Å². The van der Waals surface area contributed by atoms with Crippen LogP contribution in [-0.2, 0) is 0 Å². The molecule has 2 rings (SSSR count). The summed E-state index contributed by atoms with van der Waals surface area (Å²) in [6, 6.07) is 1.87. The van der Waals surface area contributed by atoms with Gasteiger partial charge in [-0.25, -0.2) is 0 Å². The molecule has 0 saturated heterocycles. The zero-order chi connectivity index (χ0) is 12.7. The van der Waals surface area contributed by atoms with Crippen LogP contribution in [0.4, 0.5) is 0 Å². The van der Waals surface area contributed by atoms with Crippen LogP contribution in [0.5, 0.6) is 5.75 Å². The van der Waals surface area contributed by atoms with Crippen LogP contribution < -0.4 is 10.3 Å². The molecular formula is C12H11BrClNO2. The molecule has 0 saturated carbocycles. The zero-order valence-electron chi connectivity index (χ0n) is 9.65. The molecule has 0 atom stereocenters. The van der Waals surface area contributed by atoms with Crippen LogP contribution in [0, 0.1) is 13.8 Å². The van der Waals surface area contributed by atoms with E-state index < -0.39 is 0 Å². The molecule has 1 N–H and O–H groups in total. The van der Waals surface area contributed by atoms with Crippen molar-refractivity contribution in [1.82, 2.24) is 4.98 Å². The standard InChI is InChI=1S/C12H11BrClNO2/c1-5-4-7(17-3)9(13)8-6(2)10(14)12(16)15-11(5)8/h4H,1-3H3,(H,15,16). The lowest BCUT2D eigenvalue weighted by atomic mass is 10.1. The van der Waals surface area contributed by atoms with Crippen molar-refractivity contribution >= 4 is 38.4 Å². The highest BCUT2D eigenvalue weighted by Gasteiger charge is 2.15. The molecule has 0 aliphatic carbocycles. The molecule has 0 unspecified atom stereocenters. The molecule has 0 radical (unpaired) electrons. The van der Waals surface area contributed by atoms with E-state index in [9.17, 15) is 4.79 Å². The van der Waals surface area contributed by atoms with Crippen molar-refractivity contribution in [3.05, 3.63) is 37.0 Å². The van der Waals surface area contributed by atoms with Crippen LogP contribution in [-0.4, -0.2) is 12.1 Å². The van der Waals surface area contributed by atoms with E-state index in [2.05, 4.69) is 20.9 Å². The number of hydrogen-bond donors (Lipinski definition) is 1. The third-order valence-corrected chi connectivity index (χ3v) is 4.03. The summed E-state index contributed by atoms with van der Waals surface area (Å²) in [6.07, 6.45) is 0. The number of rotatable bonds is 1. The van der Waals surface area contributed by atoms with Crippen molar-refractivity contribution in [2.75, 3.05) is 7.11 Å². The molecule has 1 aromatic carbocycles. The van der Waals surface area contributed by atoms with E-state index in [0.29, 0.717) is 0 Å². The average molecular weight is 317 g/mol. The van der Waals surface area contributed by atoms with E-state index in [1.807, 2.05) is 19.9 Å². The maximum atomic E-state index is 11.6. The molecule has 0 aliphatic heterocycles. The third kappa shape index (κ3) is 1.85. The van der Waals surface area contributed by atoms with Gasteiger partial charge < -0.3 is 9.72 Å². The third-order valence-electron chi connectivity index (χ3n) is 2.79. The molecule has 0 fully saturated rings. The minimum Gasteiger partial charge on any atom is -0.496 e. The number of ether oxygens (including phenoxy) is 1. The number of halogens is 2. The van der Waals surface area contributed by atoms with Crippen LogP contribution in [0.3, 0.4) is 0 Å². The molecule has 2 aromatic rings. The molecule has 0 bridgehead atoms. The summed E-state index contributed by atoms with van der Waals surface area (Å²) in [6.45, 7) is 3.74. The lowest BCUT2D eigenvalue weighted by molar-refractivity contribution is 0.412. The molecule has 90 valence electrons. The lowest BCUT2D eigenvalue weighted by Gasteiger charge is -2.12. The quantitative estimate of drug-likeness (QED) is 0.874. The molecule has 1 aromatic heterocycles. The van der Waals surface area contributed by atoms with Crippen molar-refractivity contribution in [2.45, 2.75) is 13.8 Å². The lowest BCUT2D eigenvalue weighted by Crippen LogP contribution is -2.09. The number of aryl methyl sites for hydroxylation is 2. The maximum absolute atomic E-state index is 11.6. The van der Waals surface area contributed by atoms with Gasteiger partial charge in [-0.05, 0) is 47.0 Å². The summed E-state index contributed by atoms with van der Waals surface area (Å²) < 4.78 is 6.08. The SMILES string of the molecule is COc1cc(C)c2[nH]c(=O)c(Cl)c(C)c2c1Br. The van der Waals surface area contributed by atoms with E-state index in [0.717, 1.165) is 32.3 Å². The summed E-state index contributed by atoms with van der Waals surface area (Å²) >= 11 is 9.45. The molecule has 0 amide bonds. The predicted molar refractivity (Wildman–Crippen MR) is 73.3 cm³/mol. The van der Waals surface area contributed by atoms with Gasteiger partial charge >= 0.3 is 0 Å². The summed E-state index contributed by atoms with van der Waals surface area (Å²) in [5.74, 6) is 0.723. The van der Waals surface area contributed by atoms with Crippen molar-refractivity contribution in [2.24, 2.45) is 0 Å². The van der Waals surface area contributed by atoms with E-state index in [-0.39, 0.29) is 10.6 Å². The van der Waals surface area contributed by atoms with Crippen molar-refractivity contribution in [3.8, 4) is 5.75 Å². The minimum atomic E-state index is -0.267. The first kappa shape index (κ1) is 12.5. The second kappa shape index (κ2) is 4.35. The van der Waals surface area contributed by atoms with Crippen molar-refractivity contribution < 1.29 is 4.74 Å². The smallest absolute Gasteiger partial charge is 0.267 e. The molecule has 3 nitrogen and oxygen atoms in total. The van der Waals surface area contributed by atoms with Gasteiger partial charge in [0.1, 0.15) is 10.8 Å². The number of nitrogens with one attached hydrogen (secondary N) is 1. The summed E-state index contributed by atoms with van der Waals surface area (Å²) in [5, 5.41) is 1.09. The van der Waals surface area contributed by atoms with Gasteiger partial charge in [-0.1, -0.05) is 11.6 Å². The highest BCUT2D eigenvalue weighted by molar-refractivity contribution is 9.10. The number of hydrogen-bond acceptors (Lipinski definition) is 2. The minimum absolute atomic E-state index is 0.214. The van der Waals surface area contributed by atoms with Gasteiger partial charge in [-0.15, -0.1) is 0 Å². The number of H-pyrrole nitrogens is 1. The molecule has 17 heavy (non-hydrogen) atoms. The number of fused-ring (bicyclic) bond motifs is 1. The molecular weight excluding hydrogens is 305 g/mol. The van der Waals surface area contributed by atoms with Gasteiger partial charge in [0.25, 0.3) is 5.56 Å². The fraction of sp³-hybridized carbons (Fsp3) is 0.250. The number of aromatic amines is 1. The molecule has 0 spiro atoms. The fourth-order valence-corrected chi connectivity index (χ4v) is 2.79. The Morgan fingerprint density at radius 1 is 1.41 bits per heavy atom. The average Bonchev–Trinajstić information content (AvgIpc) is 2.30. The largest absolute Gasteiger partial charge is 0.496 e. The maximum Gasteiger partial charge on any atom is 0.267 e. The van der Waals surface area contributed by atoms with Gasteiger partial charge in [0.2, 0.25) is 0 Å². The normalized spacial score (nSPS) is 10.9. The zero-order valence-corrected chi connectivity index (χ0v) is 12.0. The summed E-state index contributed by atoms with van der Waals surface area (Å²) in [5.41, 5.74) is 2.21. The highest BCUT2D eigenvalue weighted by atomic mass is 79.9. The van der Waals surface area contributed by atoms with Gasteiger partial charge in [0.15, 0.2) is 0 Å². The Morgan fingerprint density at radius 2 is 2.06 bits per heavy atom. The Balaban J connectivity index is 3.07. The van der Waals surface area contributed by atoms with E-state index >= 15 is 0 Å². The molecule has 0 aliphatic rings. The second-order valence-corrected chi connectivity index (χ2v) is 5.02. The number of benzene rings is 1. The second-order valence-electron chi connectivity index (χ2n) is 3.85. The number of aromatic nitrogens is 1. The first-order valence-corrected chi connectivity index (χ1v) is 6.19. The Labute approximate surface area is 112 Å². The molecule has 5 heteroatoms.